The van der Waals surface area contributed by atoms with Gasteiger partial charge in [-0.25, -0.2) is 0 Å². The maximum atomic E-state index is 4.11. The Labute approximate surface area is 162 Å². The zero-order valence-corrected chi connectivity index (χ0v) is 17.5. The zero-order valence-electron chi connectivity index (χ0n) is 17.5. The molecule has 0 radical (unpaired) electrons. The Morgan fingerprint density at radius 2 is 1.35 bits per heavy atom. The predicted octanol–water partition coefficient (Wildman–Crippen LogP) is 7.82. The number of rotatable bonds is 6. The summed E-state index contributed by atoms with van der Waals surface area (Å²) in [6, 6.07) is 7.09. The van der Waals surface area contributed by atoms with Crippen LogP contribution in [0.1, 0.15) is 87.8 Å². The van der Waals surface area contributed by atoms with E-state index in [4.69, 9.17) is 0 Å². The number of hydrogen-bond donors (Lipinski definition) is 0. The number of hydrogen-bond acceptors (Lipinski definition) is 0. The Hall–Kier alpha value is -1.04. The summed E-state index contributed by atoms with van der Waals surface area (Å²) in [7, 11) is 0. The summed E-state index contributed by atoms with van der Waals surface area (Å²) in [6.45, 7) is 10.8. The lowest BCUT2D eigenvalue weighted by Crippen LogP contribution is -2.21. The van der Waals surface area contributed by atoms with Gasteiger partial charge in [0.05, 0.1) is 0 Å². The molecule has 0 saturated heterocycles. The largest absolute Gasteiger partial charge is 0.100 e. The van der Waals surface area contributed by atoms with Gasteiger partial charge in [0.25, 0.3) is 0 Å². The molecule has 2 aliphatic rings. The molecule has 0 nitrogen and oxygen atoms in total. The minimum absolute atomic E-state index is 0.930. The number of allylic oxidation sites excluding steroid dienone is 1. The summed E-state index contributed by atoms with van der Waals surface area (Å²) in [5, 5.41) is 0. The molecule has 0 bridgehead atoms. The molecule has 0 spiro atoms. The summed E-state index contributed by atoms with van der Waals surface area (Å²) >= 11 is 0. The molecule has 0 N–H and O–H groups in total. The van der Waals surface area contributed by atoms with Gasteiger partial charge in [0.15, 0.2) is 0 Å². The lowest BCUT2D eigenvalue weighted by Gasteiger charge is -2.34. The molecule has 1 aromatic rings. The smallest absolute Gasteiger partial charge is 0.0250 e. The topological polar surface area (TPSA) is 0 Å². The quantitative estimate of drug-likeness (QED) is 0.458. The van der Waals surface area contributed by atoms with Crippen LogP contribution in [0.4, 0.5) is 0 Å². The van der Waals surface area contributed by atoms with Gasteiger partial charge in [-0.05, 0) is 106 Å². The van der Waals surface area contributed by atoms with Crippen LogP contribution in [0.2, 0.25) is 0 Å². The molecule has 3 rings (SSSR count). The number of aryl methyl sites for hydroxylation is 2. The van der Waals surface area contributed by atoms with Crippen molar-refractivity contribution in [3.63, 3.8) is 0 Å². The zero-order chi connectivity index (χ0) is 18.5. The van der Waals surface area contributed by atoms with Crippen molar-refractivity contribution in [1.82, 2.24) is 0 Å². The summed E-state index contributed by atoms with van der Waals surface area (Å²) in [5.74, 6) is 3.92. The van der Waals surface area contributed by atoms with E-state index in [2.05, 4.69) is 45.5 Å². The van der Waals surface area contributed by atoms with Crippen molar-refractivity contribution in [2.45, 2.75) is 91.4 Å². The third-order valence-electron chi connectivity index (χ3n) is 7.33. The molecule has 0 aliphatic heterocycles. The maximum absolute atomic E-state index is 4.11. The molecule has 0 unspecified atom stereocenters. The number of benzene rings is 1. The molecule has 0 amide bonds. The van der Waals surface area contributed by atoms with Crippen molar-refractivity contribution in [2.75, 3.05) is 0 Å². The first-order chi connectivity index (χ1) is 12.5. The Morgan fingerprint density at radius 1 is 0.808 bits per heavy atom. The third-order valence-corrected chi connectivity index (χ3v) is 7.33. The van der Waals surface area contributed by atoms with E-state index in [9.17, 15) is 0 Å². The van der Waals surface area contributed by atoms with Crippen LogP contribution in [0.15, 0.2) is 30.4 Å². The third kappa shape index (κ3) is 5.73. The molecule has 0 atom stereocenters. The van der Waals surface area contributed by atoms with Gasteiger partial charge in [0.2, 0.25) is 0 Å². The monoisotopic (exact) mass is 352 g/mol. The fraction of sp³-hybridized carbons (Fsp3) is 0.692. The predicted molar refractivity (Wildman–Crippen MR) is 115 cm³/mol. The van der Waals surface area contributed by atoms with E-state index in [1.807, 2.05) is 0 Å². The van der Waals surface area contributed by atoms with Crippen molar-refractivity contribution in [3.8, 4) is 0 Å². The van der Waals surface area contributed by atoms with Gasteiger partial charge >= 0.3 is 0 Å². The summed E-state index contributed by atoms with van der Waals surface area (Å²) in [5.41, 5.74) is 5.83. The molecule has 2 saturated carbocycles. The van der Waals surface area contributed by atoms with Crippen molar-refractivity contribution in [2.24, 2.45) is 23.7 Å². The van der Waals surface area contributed by atoms with E-state index in [1.54, 1.807) is 5.56 Å². The molecule has 2 aliphatic carbocycles. The minimum Gasteiger partial charge on any atom is -0.100 e. The fourth-order valence-electron chi connectivity index (χ4n) is 5.57. The van der Waals surface area contributed by atoms with Crippen LogP contribution < -0.4 is 0 Å². The van der Waals surface area contributed by atoms with Crippen molar-refractivity contribution >= 4 is 0 Å². The fourth-order valence-corrected chi connectivity index (χ4v) is 5.57. The van der Waals surface area contributed by atoms with E-state index in [-0.39, 0.29) is 0 Å². The van der Waals surface area contributed by atoms with E-state index < -0.39 is 0 Å². The average molecular weight is 353 g/mol. The normalized spacial score (nSPS) is 29.5. The highest BCUT2D eigenvalue weighted by molar-refractivity contribution is 5.30. The van der Waals surface area contributed by atoms with Gasteiger partial charge in [-0.3, -0.25) is 0 Å². The van der Waals surface area contributed by atoms with Crippen LogP contribution in [-0.2, 0) is 6.42 Å². The molecule has 1 aromatic carbocycles. The van der Waals surface area contributed by atoms with Gasteiger partial charge in [0.1, 0.15) is 0 Å². The summed E-state index contributed by atoms with van der Waals surface area (Å²) in [6.07, 6.45) is 15.9. The molecule has 144 valence electrons. The molecule has 0 aromatic heterocycles. The first kappa shape index (κ1) is 19.7. The Balaban J connectivity index is 1.37. The molecule has 0 heteroatoms. The van der Waals surface area contributed by atoms with Crippen molar-refractivity contribution in [3.05, 3.63) is 47.0 Å². The Bertz CT molecular complexity index is 580. The van der Waals surface area contributed by atoms with Crippen molar-refractivity contribution in [1.29, 1.82) is 0 Å². The van der Waals surface area contributed by atoms with Crippen LogP contribution in [0.25, 0.3) is 0 Å². The summed E-state index contributed by atoms with van der Waals surface area (Å²) < 4.78 is 0. The van der Waals surface area contributed by atoms with Gasteiger partial charge in [-0.1, -0.05) is 49.5 Å². The molecule has 0 heterocycles. The minimum atomic E-state index is 0.930. The second kappa shape index (κ2) is 9.25. The molecule has 26 heavy (non-hydrogen) atoms. The average Bonchev–Trinajstić information content (AvgIpc) is 2.61. The van der Waals surface area contributed by atoms with Gasteiger partial charge in [0, 0.05) is 0 Å². The second-order valence-corrected chi connectivity index (χ2v) is 9.79. The van der Waals surface area contributed by atoms with Crippen LogP contribution in [0.3, 0.4) is 0 Å². The first-order valence-electron chi connectivity index (χ1n) is 11.2. The first-order valence-corrected chi connectivity index (χ1v) is 11.2. The van der Waals surface area contributed by atoms with Gasteiger partial charge in [-0.2, -0.15) is 0 Å². The van der Waals surface area contributed by atoms with Crippen LogP contribution in [0.5, 0.6) is 0 Å². The highest BCUT2D eigenvalue weighted by Crippen LogP contribution is 2.40. The molecular formula is C26H40. The SMILES string of the molecule is C=C(C)CC1CCC(CC2CCC(Cc3ccc(C)c(C)c3)CC2)CC1. The van der Waals surface area contributed by atoms with Gasteiger partial charge < -0.3 is 0 Å². The highest BCUT2D eigenvalue weighted by Gasteiger charge is 2.27. The lowest BCUT2D eigenvalue weighted by atomic mass is 9.72. The maximum Gasteiger partial charge on any atom is -0.0250 e. The molecule has 2 fully saturated rings. The Morgan fingerprint density at radius 3 is 1.88 bits per heavy atom. The van der Waals surface area contributed by atoms with Gasteiger partial charge in [-0.15, -0.1) is 6.58 Å². The second-order valence-electron chi connectivity index (χ2n) is 9.79. The standard InChI is InChI=1S/C26H40/c1-19(2)15-22-7-9-23(10-8-22)17-24-11-13-25(14-12-24)18-26-6-5-20(3)21(4)16-26/h5-6,16,22-25H,1,7-15,17-18H2,2-4H3. The van der Waals surface area contributed by atoms with E-state index in [0.29, 0.717) is 0 Å². The van der Waals surface area contributed by atoms with E-state index >= 15 is 0 Å². The van der Waals surface area contributed by atoms with E-state index in [0.717, 1.165) is 23.7 Å². The molecular weight excluding hydrogens is 312 g/mol. The van der Waals surface area contributed by atoms with Crippen molar-refractivity contribution < 1.29 is 0 Å². The van der Waals surface area contributed by atoms with Crippen LogP contribution >= 0.6 is 0 Å². The highest BCUT2D eigenvalue weighted by atomic mass is 14.3. The lowest BCUT2D eigenvalue weighted by molar-refractivity contribution is 0.191. The summed E-state index contributed by atoms with van der Waals surface area (Å²) in [4.78, 5) is 0. The van der Waals surface area contributed by atoms with E-state index in [1.165, 1.54) is 87.3 Å². The Kier molecular flexibility index (Phi) is 7.01. The van der Waals surface area contributed by atoms with Crippen LogP contribution in [-0.4, -0.2) is 0 Å². The van der Waals surface area contributed by atoms with Crippen LogP contribution in [0, 0.1) is 37.5 Å².